The molecule has 3 aromatic rings. The van der Waals surface area contributed by atoms with Gasteiger partial charge in [-0.3, -0.25) is 0 Å². The van der Waals surface area contributed by atoms with Crippen LogP contribution in [0, 0.1) is 17.5 Å². The van der Waals surface area contributed by atoms with Crippen molar-refractivity contribution < 1.29 is 27.4 Å². The fourth-order valence-electron chi connectivity index (χ4n) is 3.83. The molecule has 2 N–H and O–H groups in total. The maximum atomic E-state index is 14.8. The van der Waals surface area contributed by atoms with Crippen LogP contribution in [0.2, 0.25) is 0 Å². The van der Waals surface area contributed by atoms with Gasteiger partial charge in [-0.25, -0.2) is 23.7 Å². The molecule has 5 rings (SSSR count). The minimum absolute atomic E-state index is 0.0840. The second-order valence-electron chi connectivity index (χ2n) is 7.91. The molecule has 4 heterocycles. The number of rotatable bonds is 7. The van der Waals surface area contributed by atoms with Crippen LogP contribution in [0.4, 0.5) is 24.7 Å². The lowest BCUT2D eigenvalue weighted by molar-refractivity contribution is 0.0663. The molecule has 174 valence electrons. The Morgan fingerprint density at radius 2 is 2.06 bits per heavy atom. The summed E-state index contributed by atoms with van der Waals surface area (Å²) in [5, 5.41) is 5.85. The molecule has 8 nitrogen and oxygen atoms in total. The highest BCUT2D eigenvalue weighted by Gasteiger charge is 2.22. The third kappa shape index (κ3) is 4.64. The normalized spacial score (nSPS) is 20.3. The predicted octanol–water partition coefficient (Wildman–Crippen LogP) is 3.48. The third-order valence-corrected chi connectivity index (χ3v) is 5.57. The van der Waals surface area contributed by atoms with Gasteiger partial charge < -0.3 is 24.8 Å². The van der Waals surface area contributed by atoms with Crippen LogP contribution in [-0.2, 0) is 4.74 Å². The number of anilines is 2. The maximum absolute atomic E-state index is 14.8. The zero-order chi connectivity index (χ0) is 22.8. The van der Waals surface area contributed by atoms with Gasteiger partial charge >= 0.3 is 0 Å². The lowest BCUT2D eigenvalue weighted by atomic mass is 10.2. The molecule has 2 aromatic heterocycles. The molecular weight excluding hydrogens is 439 g/mol. The van der Waals surface area contributed by atoms with Crippen molar-refractivity contribution in [2.75, 3.05) is 31.6 Å². The van der Waals surface area contributed by atoms with E-state index < -0.39 is 17.5 Å². The van der Waals surface area contributed by atoms with E-state index in [4.69, 9.17) is 14.2 Å². The lowest BCUT2D eigenvalue weighted by Gasteiger charge is -2.15. The van der Waals surface area contributed by atoms with E-state index in [1.807, 2.05) is 0 Å². The van der Waals surface area contributed by atoms with E-state index in [0.29, 0.717) is 13.2 Å². The van der Waals surface area contributed by atoms with Crippen LogP contribution in [0.3, 0.4) is 0 Å². The van der Waals surface area contributed by atoms with E-state index in [2.05, 4.69) is 25.6 Å². The number of nitrogens with one attached hydrogen (secondary N) is 2. The number of hydrogen-bond donors (Lipinski definition) is 2. The molecule has 0 amide bonds. The molecule has 2 atom stereocenters. The molecular formula is C22H22F3N5O3. The summed E-state index contributed by atoms with van der Waals surface area (Å²) < 4.78 is 60.3. The van der Waals surface area contributed by atoms with Gasteiger partial charge in [0, 0.05) is 19.2 Å². The summed E-state index contributed by atoms with van der Waals surface area (Å²) in [6.07, 6.45) is 3.31. The molecule has 33 heavy (non-hydrogen) atoms. The van der Waals surface area contributed by atoms with Crippen LogP contribution < -0.4 is 20.1 Å². The number of ether oxygens (including phenoxy) is 3. The molecule has 0 bridgehead atoms. The van der Waals surface area contributed by atoms with Crippen molar-refractivity contribution in [2.45, 2.75) is 31.5 Å². The summed E-state index contributed by atoms with van der Waals surface area (Å²) in [7, 11) is 0. The molecule has 11 heteroatoms. The average molecular weight is 461 g/mol. The average Bonchev–Trinajstić information content (AvgIpc) is 3.52. The maximum Gasteiger partial charge on any atom is 0.251 e. The first kappa shape index (κ1) is 21.7. The highest BCUT2D eigenvalue weighted by molar-refractivity contribution is 5.87. The SMILES string of the molecule is Fc1cc2ncnc(Nc3ccc(OC[C@H]4CCCO4)c(F)c3F)c2nc1O[C@H]1CCNC1. The van der Waals surface area contributed by atoms with Gasteiger partial charge in [0.2, 0.25) is 5.82 Å². The molecule has 2 saturated heterocycles. The van der Waals surface area contributed by atoms with E-state index in [9.17, 15) is 13.2 Å². The van der Waals surface area contributed by atoms with Crippen LogP contribution in [0.5, 0.6) is 11.6 Å². The Balaban J connectivity index is 1.39. The smallest absolute Gasteiger partial charge is 0.251 e. The summed E-state index contributed by atoms with van der Waals surface area (Å²) in [6, 6.07) is 3.84. The van der Waals surface area contributed by atoms with Gasteiger partial charge in [0.1, 0.15) is 24.6 Å². The molecule has 1 aromatic carbocycles. The third-order valence-electron chi connectivity index (χ3n) is 5.57. The van der Waals surface area contributed by atoms with Crippen molar-refractivity contribution in [3.05, 3.63) is 42.0 Å². The van der Waals surface area contributed by atoms with Crippen molar-refractivity contribution in [3.63, 3.8) is 0 Å². The minimum Gasteiger partial charge on any atom is -0.488 e. The van der Waals surface area contributed by atoms with E-state index >= 15 is 0 Å². The topological polar surface area (TPSA) is 90.4 Å². The van der Waals surface area contributed by atoms with Gasteiger partial charge in [0.25, 0.3) is 5.88 Å². The van der Waals surface area contributed by atoms with Crippen LogP contribution >= 0.6 is 0 Å². The summed E-state index contributed by atoms with van der Waals surface area (Å²) in [5.74, 6) is -3.25. The molecule has 0 aliphatic carbocycles. The van der Waals surface area contributed by atoms with Crippen LogP contribution in [0.25, 0.3) is 11.0 Å². The van der Waals surface area contributed by atoms with E-state index in [-0.39, 0.29) is 53.0 Å². The molecule has 0 spiro atoms. The van der Waals surface area contributed by atoms with E-state index in [1.54, 1.807) is 0 Å². The molecule has 0 saturated carbocycles. The van der Waals surface area contributed by atoms with Crippen molar-refractivity contribution in [1.82, 2.24) is 20.3 Å². The highest BCUT2D eigenvalue weighted by atomic mass is 19.2. The number of hydrogen-bond acceptors (Lipinski definition) is 8. The summed E-state index contributed by atoms with van der Waals surface area (Å²) in [5.41, 5.74) is 0.184. The second-order valence-corrected chi connectivity index (χ2v) is 7.91. The van der Waals surface area contributed by atoms with Crippen molar-refractivity contribution in [2.24, 2.45) is 0 Å². The first-order valence-corrected chi connectivity index (χ1v) is 10.8. The van der Waals surface area contributed by atoms with Gasteiger partial charge in [-0.05, 0) is 37.9 Å². The Morgan fingerprint density at radius 3 is 2.85 bits per heavy atom. The fourth-order valence-corrected chi connectivity index (χ4v) is 3.83. The number of pyridine rings is 1. The Kier molecular flexibility index (Phi) is 6.14. The lowest BCUT2D eigenvalue weighted by Crippen LogP contribution is -2.20. The highest BCUT2D eigenvalue weighted by Crippen LogP contribution is 2.31. The number of benzene rings is 1. The monoisotopic (exact) mass is 461 g/mol. The first-order chi connectivity index (χ1) is 16.1. The Bertz CT molecular complexity index is 1150. The Morgan fingerprint density at radius 1 is 1.15 bits per heavy atom. The quantitative estimate of drug-likeness (QED) is 0.553. The van der Waals surface area contributed by atoms with Gasteiger partial charge in [-0.15, -0.1) is 0 Å². The Hall–Kier alpha value is -3.18. The molecule has 0 unspecified atom stereocenters. The second kappa shape index (κ2) is 9.36. The van der Waals surface area contributed by atoms with Crippen molar-refractivity contribution in [1.29, 1.82) is 0 Å². The Labute approximate surface area is 187 Å². The van der Waals surface area contributed by atoms with Gasteiger partial charge in [0.05, 0.1) is 17.3 Å². The minimum atomic E-state index is -1.14. The zero-order valence-electron chi connectivity index (χ0n) is 17.6. The van der Waals surface area contributed by atoms with Crippen molar-refractivity contribution >= 4 is 22.5 Å². The summed E-state index contributed by atoms with van der Waals surface area (Å²) >= 11 is 0. The summed E-state index contributed by atoms with van der Waals surface area (Å²) in [4.78, 5) is 12.3. The van der Waals surface area contributed by atoms with E-state index in [1.165, 1.54) is 24.5 Å². The number of fused-ring (bicyclic) bond motifs is 1. The molecule has 0 radical (unpaired) electrons. The number of halogens is 3. The van der Waals surface area contributed by atoms with Gasteiger partial charge in [-0.1, -0.05) is 0 Å². The summed E-state index contributed by atoms with van der Waals surface area (Å²) in [6.45, 7) is 2.15. The van der Waals surface area contributed by atoms with Gasteiger partial charge in [0.15, 0.2) is 23.2 Å². The fraction of sp³-hybridized carbons (Fsp3) is 0.409. The zero-order valence-corrected chi connectivity index (χ0v) is 17.6. The molecule has 2 fully saturated rings. The van der Waals surface area contributed by atoms with Crippen LogP contribution in [0.15, 0.2) is 24.5 Å². The first-order valence-electron chi connectivity index (χ1n) is 10.8. The number of aromatic nitrogens is 3. The molecule has 2 aliphatic heterocycles. The molecule has 2 aliphatic rings. The largest absolute Gasteiger partial charge is 0.488 e. The number of nitrogens with zero attached hydrogens (tertiary/aromatic N) is 3. The van der Waals surface area contributed by atoms with Crippen LogP contribution in [-0.4, -0.2) is 53.5 Å². The van der Waals surface area contributed by atoms with Crippen molar-refractivity contribution in [3.8, 4) is 11.6 Å². The van der Waals surface area contributed by atoms with E-state index in [0.717, 1.165) is 25.8 Å². The standard InChI is InChI=1S/C22H22F3N5O3/c23-14-8-16-20(30-22(14)33-12-5-6-26-9-12)21(28-11-27-16)29-15-3-4-17(19(25)18(15)24)32-10-13-2-1-7-31-13/h3-4,8,11-13,26H,1-2,5-7,9-10H2,(H,27,28,29)/t12-,13+/m0/s1. The van der Waals surface area contributed by atoms with Crippen LogP contribution in [0.1, 0.15) is 19.3 Å². The predicted molar refractivity (Wildman–Crippen MR) is 113 cm³/mol. The van der Waals surface area contributed by atoms with Gasteiger partial charge in [-0.2, -0.15) is 4.39 Å².